The third kappa shape index (κ3) is 3.34. The van der Waals surface area contributed by atoms with E-state index in [2.05, 4.69) is 10.3 Å². The molecule has 2 heterocycles. The van der Waals surface area contributed by atoms with E-state index in [0.29, 0.717) is 18.3 Å². The number of thioether (sulfide) groups is 1. The van der Waals surface area contributed by atoms with E-state index in [1.165, 1.54) is 22.5 Å². The molecular formula is C11H15N3O4S. The van der Waals surface area contributed by atoms with Gasteiger partial charge >= 0.3 is 0 Å². The van der Waals surface area contributed by atoms with Crippen LogP contribution in [0.25, 0.3) is 0 Å². The molecule has 19 heavy (non-hydrogen) atoms. The first kappa shape index (κ1) is 14.0. The second-order valence-electron chi connectivity index (χ2n) is 3.85. The van der Waals surface area contributed by atoms with Gasteiger partial charge in [-0.25, -0.2) is 4.98 Å². The summed E-state index contributed by atoms with van der Waals surface area (Å²) >= 11 is 1.51. The number of rotatable bonds is 6. The number of aromatic nitrogens is 2. The molecule has 0 unspecified atom stereocenters. The summed E-state index contributed by atoms with van der Waals surface area (Å²) < 4.78 is 6.52. The third-order valence-corrected chi connectivity index (χ3v) is 3.54. The van der Waals surface area contributed by atoms with Gasteiger partial charge in [0.05, 0.1) is 19.8 Å². The first-order valence-electron chi connectivity index (χ1n) is 5.93. The Bertz CT molecular complexity index is 517. The lowest BCUT2D eigenvalue weighted by Crippen LogP contribution is -2.35. The number of nitrogens with zero attached hydrogens (tertiary/aromatic N) is 2. The van der Waals surface area contributed by atoms with Crippen molar-refractivity contribution in [1.82, 2.24) is 14.9 Å². The Labute approximate surface area is 114 Å². The molecule has 0 radical (unpaired) electrons. The number of aliphatic hydroxyl groups excluding tert-OH is 1. The predicted molar refractivity (Wildman–Crippen MR) is 69.5 cm³/mol. The minimum absolute atomic E-state index is 0.0495. The van der Waals surface area contributed by atoms with E-state index in [1.54, 1.807) is 0 Å². The molecule has 2 N–H and O–H groups in total. The van der Waals surface area contributed by atoms with Crippen LogP contribution in [0.15, 0.2) is 16.1 Å². The first-order valence-corrected chi connectivity index (χ1v) is 6.92. The molecule has 1 aliphatic heterocycles. The molecular weight excluding hydrogens is 270 g/mol. The Balaban J connectivity index is 1.95. The van der Waals surface area contributed by atoms with Gasteiger partial charge in [-0.1, -0.05) is 11.8 Å². The smallest absolute Gasteiger partial charge is 0.267 e. The standard InChI is InChI=1S/C11H15N3O4S/c15-3-5-18-4-1-12-9(16)8-7-13-11-14(10(8)17)2-6-19-11/h7,15H,1-6H2,(H,12,16). The Morgan fingerprint density at radius 3 is 3.21 bits per heavy atom. The second kappa shape index (κ2) is 6.69. The number of hydrogen-bond acceptors (Lipinski definition) is 6. The molecule has 8 heteroatoms. The summed E-state index contributed by atoms with van der Waals surface area (Å²) in [6, 6.07) is 0. The normalized spacial score (nSPS) is 13.3. The van der Waals surface area contributed by atoms with Crippen molar-refractivity contribution < 1.29 is 14.6 Å². The zero-order chi connectivity index (χ0) is 13.7. The Hall–Kier alpha value is -1.38. The number of hydrogen-bond donors (Lipinski definition) is 2. The van der Waals surface area contributed by atoms with Gasteiger partial charge in [-0.3, -0.25) is 14.2 Å². The van der Waals surface area contributed by atoms with Crippen LogP contribution in [0.4, 0.5) is 0 Å². The third-order valence-electron chi connectivity index (χ3n) is 2.57. The highest BCUT2D eigenvalue weighted by atomic mass is 32.2. The summed E-state index contributed by atoms with van der Waals surface area (Å²) in [6.45, 7) is 1.35. The van der Waals surface area contributed by atoms with E-state index in [4.69, 9.17) is 9.84 Å². The fourth-order valence-corrected chi connectivity index (χ4v) is 2.59. The zero-order valence-electron chi connectivity index (χ0n) is 10.3. The van der Waals surface area contributed by atoms with Crippen molar-refractivity contribution >= 4 is 17.7 Å². The fourth-order valence-electron chi connectivity index (χ4n) is 1.67. The van der Waals surface area contributed by atoms with Crippen molar-refractivity contribution in [3.05, 3.63) is 22.1 Å². The van der Waals surface area contributed by atoms with Crippen LogP contribution < -0.4 is 10.9 Å². The largest absolute Gasteiger partial charge is 0.394 e. The van der Waals surface area contributed by atoms with Crippen LogP contribution >= 0.6 is 11.8 Å². The Morgan fingerprint density at radius 2 is 2.42 bits per heavy atom. The number of ether oxygens (including phenoxy) is 1. The molecule has 0 atom stereocenters. The van der Waals surface area contributed by atoms with Crippen molar-refractivity contribution in [3.63, 3.8) is 0 Å². The molecule has 2 rings (SSSR count). The molecule has 0 saturated heterocycles. The van der Waals surface area contributed by atoms with Gasteiger partial charge in [0.15, 0.2) is 5.16 Å². The summed E-state index contributed by atoms with van der Waals surface area (Å²) in [5.74, 6) is 0.361. The summed E-state index contributed by atoms with van der Waals surface area (Å²) in [6.07, 6.45) is 1.32. The molecule has 7 nitrogen and oxygen atoms in total. The average Bonchev–Trinajstić information content (AvgIpc) is 2.88. The van der Waals surface area contributed by atoms with E-state index in [1.807, 2.05) is 0 Å². The lowest BCUT2D eigenvalue weighted by Gasteiger charge is -2.07. The highest BCUT2D eigenvalue weighted by Gasteiger charge is 2.19. The monoisotopic (exact) mass is 285 g/mol. The maximum absolute atomic E-state index is 12.0. The number of carbonyl (C=O) groups is 1. The van der Waals surface area contributed by atoms with Crippen LogP contribution in [0.2, 0.25) is 0 Å². The summed E-state index contributed by atoms with van der Waals surface area (Å²) in [4.78, 5) is 27.9. The Kier molecular flexibility index (Phi) is 4.94. The fraction of sp³-hybridized carbons (Fsp3) is 0.545. The second-order valence-corrected chi connectivity index (χ2v) is 4.91. The average molecular weight is 285 g/mol. The zero-order valence-corrected chi connectivity index (χ0v) is 11.1. The van der Waals surface area contributed by atoms with Gasteiger partial charge in [-0.15, -0.1) is 0 Å². The van der Waals surface area contributed by atoms with Gasteiger partial charge < -0.3 is 15.2 Å². The minimum Gasteiger partial charge on any atom is -0.394 e. The highest BCUT2D eigenvalue weighted by molar-refractivity contribution is 7.99. The number of aliphatic hydroxyl groups is 1. The minimum atomic E-state index is -0.447. The lowest BCUT2D eigenvalue weighted by molar-refractivity contribution is 0.0836. The number of nitrogens with one attached hydrogen (secondary N) is 1. The van der Waals surface area contributed by atoms with Gasteiger partial charge in [0.1, 0.15) is 5.56 Å². The van der Waals surface area contributed by atoms with Crippen LogP contribution in [0, 0.1) is 0 Å². The maximum Gasteiger partial charge on any atom is 0.267 e. The highest BCUT2D eigenvalue weighted by Crippen LogP contribution is 2.20. The molecule has 1 aromatic heterocycles. The topological polar surface area (TPSA) is 93.4 Å². The van der Waals surface area contributed by atoms with Crippen molar-refractivity contribution in [2.75, 3.05) is 32.1 Å². The number of fused-ring (bicyclic) bond motifs is 1. The summed E-state index contributed by atoms with van der Waals surface area (Å²) in [5, 5.41) is 11.8. The van der Waals surface area contributed by atoms with Gasteiger partial charge in [0.2, 0.25) is 0 Å². The van der Waals surface area contributed by atoms with E-state index in [9.17, 15) is 9.59 Å². The molecule has 0 bridgehead atoms. The molecule has 1 aromatic rings. The molecule has 1 amide bonds. The van der Waals surface area contributed by atoms with Crippen LogP contribution in [0.3, 0.4) is 0 Å². The molecule has 0 aromatic carbocycles. The quantitative estimate of drug-likeness (QED) is 0.519. The summed E-state index contributed by atoms with van der Waals surface area (Å²) in [5.41, 5.74) is -0.253. The van der Waals surface area contributed by atoms with Crippen LogP contribution in [0.5, 0.6) is 0 Å². The maximum atomic E-state index is 12.0. The molecule has 0 aliphatic carbocycles. The van der Waals surface area contributed by atoms with Crippen molar-refractivity contribution in [1.29, 1.82) is 0 Å². The SMILES string of the molecule is O=C(NCCOCCO)c1cnc2n(c1=O)CCS2. The van der Waals surface area contributed by atoms with Gasteiger partial charge in [0.25, 0.3) is 11.5 Å². The van der Waals surface area contributed by atoms with Crippen LogP contribution in [-0.2, 0) is 11.3 Å². The summed E-state index contributed by atoms with van der Waals surface area (Å²) in [7, 11) is 0. The van der Waals surface area contributed by atoms with Crippen LogP contribution in [-0.4, -0.2) is 52.7 Å². The molecule has 0 spiro atoms. The van der Waals surface area contributed by atoms with Crippen molar-refractivity contribution in [3.8, 4) is 0 Å². The molecule has 0 fully saturated rings. The predicted octanol–water partition coefficient (Wildman–Crippen LogP) is -0.912. The van der Waals surface area contributed by atoms with E-state index in [-0.39, 0.29) is 30.9 Å². The van der Waals surface area contributed by atoms with Gasteiger partial charge in [-0.2, -0.15) is 0 Å². The molecule has 1 aliphatic rings. The first-order chi connectivity index (χ1) is 9.24. The van der Waals surface area contributed by atoms with Gasteiger partial charge in [0, 0.05) is 25.0 Å². The van der Waals surface area contributed by atoms with E-state index < -0.39 is 5.91 Å². The van der Waals surface area contributed by atoms with Gasteiger partial charge in [-0.05, 0) is 0 Å². The Morgan fingerprint density at radius 1 is 1.58 bits per heavy atom. The number of amides is 1. The van der Waals surface area contributed by atoms with E-state index in [0.717, 1.165) is 5.75 Å². The lowest BCUT2D eigenvalue weighted by atomic mass is 10.3. The molecule has 104 valence electrons. The van der Waals surface area contributed by atoms with E-state index >= 15 is 0 Å². The van der Waals surface area contributed by atoms with Crippen molar-refractivity contribution in [2.45, 2.75) is 11.7 Å². The number of carbonyl (C=O) groups excluding carboxylic acids is 1. The molecule has 0 saturated carbocycles. The van der Waals surface area contributed by atoms with Crippen LogP contribution in [0.1, 0.15) is 10.4 Å². The van der Waals surface area contributed by atoms with Crippen molar-refractivity contribution in [2.24, 2.45) is 0 Å².